The Morgan fingerprint density at radius 1 is 1.35 bits per heavy atom. The van der Waals surface area contributed by atoms with Crippen LogP contribution in [0, 0.1) is 6.92 Å². The fraction of sp³-hybridized carbons (Fsp3) is 0.600. The van der Waals surface area contributed by atoms with Crippen LogP contribution in [-0.2, 0) is 4.74 Å². The van der Waals surface area contributed by atoms with Gasteiger partial charge in [0.05, 0.1) is 6.61 Å². The number of benzene rings is 1. The Morgan fingerprint density at radius 3 is 2.75 bits per heavy atom. The Kier molecular flexibility index (Phi) is 7.92. The number of hydrogen-bond acceptors (Lipinski definition) is 4. The van der Waals surface area contributed by atoms with Crippen molar-refractivity contribution in [2.75, 3.05) is 26.4 Å². The third-order valence-electron chi connectivity index (χ3n) is 2.85. The Balaban J connectivity index is 2.25. The third kappa shape index (κ3) is 6.57. The largest absolute Gasteiger partial charge is 0.491 e. The van der Waals surface area contributed by atoms with E-state index in [-0.39, 0.29) is 12.6 Å². The molecule has 1 aromatic rings. The van der Waals surface area contributed by atoms with Crippen molar-refractivity contribution in [1.82, 2.24) is 5.32 Å². The maximum Gasteiger partial charge on any atom is 0.119 e. The standard InChI is InChI=1S/C15H24ClNO3/c1-4-19-9-12(3)17-8-13(18)10-20-14-5-6-15(16)11(2)7-14/h5-7,12-13,17-18H,4,8-10H2,1-3H3. The van der Waals surface area contributed by atoms with E-state index in [1.54, 1.807) is 12.1 Å². The molecule has 0 saturated carbocycles. The van der Waals surface area contributed by atoms with Crippen LogP contribution in [-0.4, -0.2) is 43.6 Å². The van der Waals surface area contributed by atoms with Gasteiger partial charge in [-0.2, -0.15) is 0 Å². The summed E-state index contributed by atoms with van der Waals surface area (Å²) < 4.78 is 10.8. The minimum Gasteiger partial charge on any atom is -0.491 e. The van der Waals surface area contributed by atoms with Crippen molar-refractivity contribution in [3.8, 4) is 5.75 Å². The summed E-state index contributed by atoms with van der Waals surface area (Å²) in [6, 6.07) is 5.66. The lowest BCUT2D eigenvalue weighted by molar-refractivity contribution is 0.0907. The Labute approximate surface area is 126 Å². The van der Waals surface area contributed by atoms with Crippen LogP contribution in [0.4, 0.5) is 0 Å². The molecule has 0 saturated heterocycles. The molecule has 0 radical (unpaired) electrons. The van der Waals surface area contributed by atoms with Crippen LogP contribution in [0.3, 0.4) is 0 Å². The topological polar surface area (TPSA) is 50.7 Å². The first-order chi connectivity index (χ1) is 9.52. The summed E-state index contributed by atoms with van der Waals surface area (Å²) in [4.78, 5) is 0. The van der Waals surface area contributed by atoms with E-state index < -0.39 is 6.10 Å². The number of ether oxygens (including phenoxy) is 2. The molecule has 0 aliphatic carbocycles. The molecule has 5 heteroatoms. The van der Waals surface area contributed by atoms with Gasteiger partial charge in [-0.15, -0.1) is 0 Å². The number of aliphatic hydroxyl groups is 1. The van der Waals surface area contributed by atoms with E-state index in [1.165, 1.54) is 0 Å². The van der Waals surface area contributed by atoms with Crippen LogP contribution in [0.1, 0.15) is 19.4 Å². The van der Waals surface area contributed by atoms with Gasteiger partial charge in [0.15, 0.2) is 0 Å². The van der Waals surface area contributed by atoms with Gasteiger partial charge in [-0.25, -0.2) is 0 Å². The summed E-state index contributed by atoms with van der Waals surface area (Å²) in [5.74, 6) is 0.716. The summed E-state index contributed by atoms with van der Waals surface area (Å²) >= 11 is 5.94. The van der Waals surface area contributed by atoms with Crippen molar-refractivity contribution in [2.45, 2.75) is 32.9 Å². The minimum atomic E-state index is -0.560. The van der Waals surface area contributed by atoms with Gasteiger partial charge in [-0.3, -0.25) is 0 Å². The molecule has 0 heterocycles. The lowest BCUT2D eigenvalue weighted by atomic mass is 10.2. The van der Waals surface area contributed by atoms with Gasteiger partial charge < -0.3 is 19.9 Å². The molecule has 0 bridgehead atoms. The Hall–Kier alpha value is -0.810. The van der Waals surface area contributed by atoms with E-state index in [9.17, 15) is 5.11 Å². The van der Waals surface area contributed by atoms with E-state index >= 15 is 0 Å². The molecule has 0 spiro atoms. The van der Waals surface area contributed by atoms with Crippen LogP contribution >= 0.6 is 11.6 Å². The third-order valence-corrected chi connectivity index (χ3v) is 3.27. The number of halogens is 1. The number of nitrogens with one attached hydrogen (secondary N) is 1. The molecular weight excluding hydrogens is 278 g/mol. The summed E-state index contributed by atoms with van der Waals surface area (Å²) in [5, 5.41) is 13.8. The predicted molar refractivity (Wildman–Crippen MR) is 81.6 cm³/mol. The molecule has 1 rings (SSSR count). The summed E-state index contributed by atoms with van der Waals surface area (Å²) in [6.07, 6.45) is -0.560. The van der Waals surface area contributed by atoms with Gasteiger partial charge in [-0.05, 0) is 44.5 Å². The van der Waals surface area contributed by atoms with Gasteiger partial charge in [0.1, 0.15) is 18.5 Å². The molecule has 2 atom stereocenters. The molecule has 0 aromatic heterocycles. The highest BCUT2D eigenvalue weighted by molar-refractivity contribution is 6.31. The molecule has 0 aliphatic rings. The first kappa shape index (κ1) is 17.2. The molecule has 4 nitrogen and oxygen atoms in total. The van der Waals surface area contributed by atoms with E-state index in [0.29, 0.717) is 30.5 Å². The molecule has 0 amide bonds. The lowest BCUT2D eigenvalue weighted by Crippen LogP contribution is -2.38. The summed E-state index contributed by atoms with van der Waals surface area (Å²) in [5.41, 5.74) is 0.960. The van der Waals surface area contributed by atoms with Gasteiger partial charge in [-0.1, -0.05) is 11.6 Å². The van der Waals surface area contributed by atoms with Crippen LogP contribution in [0.25, 0.3) is 0 Å². The van der Waals surface area contributed by atoms with Crippen LogP contribution < -0.4 is 10.1 Å². The molecule has 0 fully saturated rings. The van der Waals surface area contributed by atoms with Gasteiger partial charge in [0.2, 0.25) is 0 Å². The van der Waals surface area contributed by atoms with E-state index in [4.69, 9.17) is 21.1 Å². The van der Waals surface area contributed by atoms with Gasteiger partial charge >= 0.3 is 0 Å². The summed E-state index contributed by atoms with van der Waals surface area (Å²) in [7, 11) is 0. The second-order valence-electron chi connectivity index (χ2n) is 4.84. The van der Waals surface area contributed by atoms with E-state index in [0.717, 1.165) is 5.56 Å². The molecule has 2 N–H and O–H groups in total. The molecule has 0 aliphatic heterocycles. The number of hydrogen-bond donors (Lipinski definition) is 2. The van der Waals surface area contributed by atoms with Crippen molar-refractivity contribution in [3.63, 3.8) is 0 Å². The summed E-state index contributed by atoms with van der Waals surface area (Å²) in [6.45, 7) is 7.96. The zero-order valence-corrected chi connectivity index (χ0v) is 13.1. The van der Waals surface area contributed by atoms with Crippen LogP contribution in [0.2, 0.25) is 5.02 Å². The van der Waals surface area contributed by atoms with E-state index in [2.05, 4.69) is 5.32 Å². The van der Waals surface area contributed by atoms with Crippen LogP contribution in [0.15, 0.2) is 18.2 Å². The number of aliphatic hydroxyl groups excluding tert-OH is 1. The molecule has 114 valence electrons. The number of rotatable bonds is 9. The smallest absolute Gasteiger partial charge is 0.119 e. The highest BCUT2D eigenvalue weighted by Crippen LogP contribution is 2.20. The molecule has 2 unspecified atom stereocenters. The van der Waals surface area contributed by atoms with E-state index in [1.807, 2.05) is 26.8 Å². The normalized spacial score (nSPS) is 14.1. The molecule has 20 heavy (non-hydrogen) atoms. The monoisotopic (exact) mass is 301 g/mol. The maximum atomic E-state index is 9.85. The zero-order valence-electron chi connectivity index (χ0n) is 12.4. The second kappa shape index (κ2) is 9.19. The first-order valence-electron chi connectivity index (χ1n) is 6.91. The predicted octanol–water partition coefficient (Wildman–Crippen LogP) is 2.40. The molecule has 1 aromatic carbocycles. The van der Waals surface area contributed by atoms with Crippen molar-refractivity contribution in [1.29, 1.82) is 0 Å². The SMILES string of the molecule is CCOCC(C)NCC(O)COc1ccc(Cl)c(C)c1. The maximum absolute atomic E-state index is 9.85. The molecular formula is C15H24ClNO3. The average molecular weight is 302 g/mol. The van der Waals surface area contributed by atoms with Crippen molar-refractivity contribution >= 4 is 11.6 Å². The average Bonchev–Trinajstić information content (AvgIpc) is 2.44. The fourth-order valence-corrected chi connectivity index (χ4v) is 1.77. The Morgan fingerprint density at radius 2 is 2.10 bits per heavy atom. The number of aryl methyl sites for hydroxylation is 1. The van der Waals surface area contributed by atoms with Crippen molar-refractivity contribution in [3.05, 3.63) is 28.8 Å². The fourth-order valence-electron chi connectivity index (χ4n) is 1.65. The second-order valence-corrected chi connectivity index (χ2v) is 5.25. The van der Waals surface area contributed by atoms with Gasteiger partial charge in [0.25, 0.3) is 0 Å². The minimum absolute atomic E-state index is 0.211. The zero-order chi connectivity index (χ0) is 15.0. The van der Waals surface area contributed by atoms with Gasteiger partial charge in [0, 0.05) is 24.2 Å². The van der Waals surface area contributed by atoms with Crippen LogP contribution in [0.5, 0.6) is 5.75 Å². The highest BCUT2D eigenvalue weighted by Gasteiger charge is 2.08. The highest BCUT2D eigenvalue weighted by atomic mass is 35.5. The first-order valence-corrected chi connectivity index (χ1v) is 7.28. The van der Waals surface area contributed by atoms with Crippen molar-refractivity contribution in [2.24, 2.45) is 0 Å². The Bertz CT molecular complexity index is 401. The van der Waals surface area contributed by atoms with Crippen molar-refractivity contribution < 1.29 is 14.6 Å². The quantitative estimate of drug-likeness (QED) is 0.735. The lowest BCUT2D eigenvalue weighted by Gasteiger charge is -2.17.